The first-order chi connectivity index (χ1) is 8.81. The SMILES string of the molecule is CCCCNC(=O)Nc1cccc2cccnc12. The highest BCUT2D eigenvalue weighted by atomic mass is 16.2. The average molecular weight is 243 g/mol. The molecule has 0 radical (unpaired) electrons. The lowest BCUT2D eigenvalue weighted by Gasteiger charge is -2.09. The maximum absolute atomic E-state index is 11.7. The van der Waals surface area contributed by atoms with Gasteiger partial charge in [0, 0.05) is 18.1 Å². The van der Waals surface area contributed by atoms with Crippen molar-refractivity contribution in [2.75, 3.05) is 11.9 Å². The van der Waals surface area contributed by atoms with E-state index in [-0.39, 0.29) is 6.03 Å². The molecule has 0 saturated carbocycles. The van der Waals surface area contributed by atoms with Crippen molar-refractivity contribution < 1.29 is 4.79 Å². The van der Waals surface area contributed by atoms with Gasteiger partial charge in [-0.1, -0.05) is 31.5 Å². The number of unbranched alkanes of at least 4 members (excludes halogenated alkanes) is 1. The van der Waals surface area contributed by atoms with Crippen LogP contribution in [0.3, 0.4) is 0 Å². The summed E-state index contributed by atoms with van der Waals surface area (Å²) in [6.07, 6.45) is 3.78. The number of aromatic nitrogens is 1. The first kappa shape index (κ1) is 12.4. The fraction of sp³-hybridized carbons (Fsp3) is 0.286. The van der Waals surface area contributed by atoms with Gasteiger partial charge in [-0.2, -0.15) is 0 Å². The highest BCUT2D eigenvalue weighted by molar-refractivity contribution is 5.99. The summed E-state index contributed by atoms with van der Waals surface area (Å²) in [7, 11) is 0. The number of nitrogens with one attached hydrogen (secondary N) is 2. The van der Waals surface area contributed by atoms with Gasteiger partial charge in [0.15, 0.2) is 0 Å². The van der Waals surface area contributed by atoms with Crippen molar-refractivity contribution in [3.05, 3.63) is 36.5 Å². The second-order valence-corrected chi connectivity index (χ2v) is 4.12. The molecule has 0 unspecified atom stereocenters. The molecule has 1 heterocycles. The third kappa shape index (κ3) is 2.97. The van der Waals surface area contributed by atoms with Crippen LogP contribution in [0.1, 0.15) is 19.8 Å². The summed E-state index contributed by atoms with van der Waals surface area (Å²) in [5.74, 6) is 0. The number of benzene rings is 1. The second kappa shape index (κ2) is 6.00. The number of pyridine rings is 1. The topological polar surface area (TPSA) is 54.0 Å². The fourth-order valence-electron chi connectivity index (χ4n) is 1.75. The van der Waals surface area contributed by atoms with Crippen molar-refractivity contribution in [2.24, 2.45) is 0 Å². The summed E-state index contributed by atoms with van der Waals surface area (Å²) in [5, 5.41) is 6.67. The molecule has 0 aliphatic heterocycles. The number of amides is 2. The monoisotopic (exact) mass is 243 g/mol. The maximum atomic E-state index is 11.7. The third-order valence-corrected chi connectivity index (χ3v) is 2.70. The molecule has 4 nitrogen and oxygen atoms in total. The molecule has 1 aromatic carbocycles. The number of para-hydroxylation sites is 1. The summed E-state index contributed by atoms with van der Waals surface area (Å²) >= 11 is 0. The van der Waals surface area contributed by atoms with Gasteiger partial charge in [0.1, 0.15) is 0 Å². The lowest BCUT2D eigenvalue weighted by atomic mass is 10.2. The molecule has 1 aromatic heterocycles. The van der Waals surface area contributed by atoms with Gasteiger partial charge in [-0.3, -0.25) is 4.98 Å². The molecule has 2 amide bonds. The van der Waals surface area contributed by atoms with Crippen molar-refractivity contribution in [1.82, 2.24) is 10.3 Å². The zero-order valence-corrected chi connectivity index (χ0v) is 10.4. The molecule has 0 saturated heterocycles. The number of hydrogen-bond acceptors (Lipinski definition) is 2. The van der Waals surface area contributed by atoms with Crippen LogP contribution < -0.4 is 10.6 Å². The summed E-state index contributed by atoms with van der Waals surface area (Å²) in [6, 6.07) is 9.42. The lowest BCUT2D eigenvalue weighted by molar-refractivity contribution is 0.252. The molecule has 0 bridgehead atoms. The summed E-state index contributed by atoms with van der Waals surface area (Å²) in [6.45, 7) is 2.79. The number of anilines is 1. The molecular formula is C14H17N3O. The minimum atomic E-state index is -0.179. The zero-order valence-electron chi connectivity index (χ0n) is 10.4. The van der Waals surface area contributed by atoms with Gasteiger partial charge in [-0.25, -0.2) is 4.79 Å². The summed E-state index contributed by atoms with van der Waals surface area (Å²) in [5.41, 5.74) is 1.55. The molecule has 0 fully saturated rings. The van der Waals surface area contributed by atoms with E-state index in [1.165, 1.54) is 0 Å². The Morgan fingerprint density at radius 3 is 2.94 bits per heavy atom. The van der Waals surface area contributed by atoms with Gasteiger partial charge in [0.25, 0.3) is 0 Å². The van der Waals surface area contributed by atoms with Crippen LogP contribution in [0.4, 0.5) is 10.5 Å². The van der Waals surface area contributed by atoms with Gasteiger partial charge in [0.2, 0.25) is 0 Å². The van der Waals surface area contributed by atoms with Gasteiger partial charge in [0.05, 0.1) is 11.2 Å². The van der Waals surface area contributed by atoms with Crippen LogP contribution in [0.2, 0.25) is 0 Å². The standard InChI is InChI=1S/C14H17N3O/c1-2-3-9-16-14(18)17-12-8-4-6-11-7-5-10-15-13(11)12/h4-8,10H,2-3,9H2,1H3,(H2,16,17,18). The molecule has 18 heavy (non-hydrogen) atoms. The van der Waals surface area contributed by atoms with Crippen molar-refractivity contribution in [3.8, 4) is 0 Å². The van der Waals surface area contributed by atoms with E-state index in [4.69, 9.17) is 0 Å². The van der Waals surface area contributed by atoms with Crippen molar-refractivity contribution >= 4 is 22.6 Å². The Bertz CT molecular complexity index is 534. The van der Waals surface area contributed by atoms with E-state index in [0.717, 1.165) is 29.4 Å². The number of carbonyl (C=O) groups excluding carboxylic acids is 1. The predicted octanol–water partition coefficient (Wildman–Crippen LogP) is 3.16. The quantitative estimate of drug-likeness (QED) is 0.810. The highest BCUT2D eigenvalue weighted by Crippen LogP contribution is 2.20. The Morgan fingerprint density at radius 1 is 1.28 bits per heavy atom. The fourth-order valence-corrected chi connectivity index (χ4v) is 1.75. The molecule has 2 N–H and O–H groups in total. The number of fused-ring (bicyclic) bond motifs is 1. The minimum Gasteiger partial charge on any atom is -0.338 e. The minimum absolute atomic E-state index is 0.179. The van der Waals surface area contributed by atoms with E-state index in [9.17, 15) is 4.79 Å². The molecule has 0 aliphatic carbocycles. The van der Waals surface area contributed by atoms with Crippen LogP contribution in [0.5, 0.6) is 0 Å². The average Bonchev–Trinajstić information content (AvgIpc) is 2.39. The van der Waals surface area contributed by atoms with Crippen LogP contribution >= 0.6 is 0 Å². The Morgan fingerprint density at radius 2 is 2.11 bits per heavy atom. The van der Waals surface area contributed by atoms with Crippen LogP contribution in [0.15, 0.2) is 36.5 Å². The van der Waals surface area contributed by atoms with E-state index in [0.29, 0.717) is 6.54 Å². The molecular weight excluding hydrogens is 226 g/mol. The highest BCUT2D eigenvalue weighted by Gasteiger charge is 2.05. The van der Waals surface area contributed by atoms with Gasteiger partial charge in [-0.15, -0.1) is 0 Å². The molecule has 2 rings (SSSR count). The van der Waals surface area contributed by atoms with Crippen molar-refractivity contribution in [1.29, 1.82) is 0 Å². The van der Waals surface area contributed by atoms with E-state index in [1.54, 1.807) is 6.20 Å². The Labute approximate surface area is 106 Å². The van der Waals surface area contributed by atoms with E-state index in [2.05, 4.69) is 22.5 Å². The van der Waals surface area contributed by atoms with E-state index in [1.807, 2.05) is 30.3 Å². The third-order valence-electron chi connectivity index (χ3n) is 2.70. The molecule has 4 heteroatoms. The summed E-state index contributed by atoms with van der Waals surface area (Å²) < 4.78 is 0. The van der Waals surface area contributed by atoms with Crippen LogP contribution in [-0.2, 0) is 0 Å². The van der Waals surface area contributed by atoms with Crippen molar-refractivity contribution in [3.63, 3.8) is 0 Å². The normalized spacial score (nSPS) is 10.3. The summed E-state index contributed by atoms with van der Waals surface area (Å²) in [4.78, 5) is 16.0. The number of hydrogen-bond donors (Lipinski definition) is 2. The lowest BCUT2D eigenvalue weighted by Crippen LogP contribution is -2.29. The zero-order chi connectivity index (χ0) is 12.8. The largest absolute Gasteiger partial charge is 0.338 e. The second-order valence-electron chi connectivity index (χ2n) is 4.12. The Kier molecular flexibility index (Phi) is 4.12. The van der Waals surface area contributed by atoms with Gasteiger partial charge >= 0.3 is 6.03 Å². The number of urea groups is 1. The smallest absolute Gasteiger partial charge is 0.319 e. The van der Waals surface area contributed by atoms with Crippen LogP contribution in [-0.4, -0.2) is 17.6 Å². The van der Waals surface area contributed by atoms with Gasteiger partial charge < -0.3 is 10.6 Å². The van der Waals surface area contributed by atoms with Crippen LogP contribution in [0, 0.1) is 0 Å². The Balaban J connectivity index is 2.09. The molecule has 0 spiro atoms. The number of rotatable bonds is 4. The molecule has 2 aromatic rings. The maximum Gasteiger partial charge on any atom is 0.319 e. The number of nitrogens with zero attached hydrogens (tertiary/aromatic N) is 1. The van der Waals surface area contributed by atoms with E-state index < -0.39 is 0 Å². The van der Waals surface area contributed by atoms with Crippen molar-refractivity contribution in [2.45, 2.75) is 19.8 Å². The molecule has 0 atom stereocenters. The molecule has 0 aliphatic rings. The van der Waals surface area contributed by atoms with Gasteiger partial charge in [-0.05, 0) is 18.6 Å². The number of carbonyl (C=O) groups is 1. The van der Waals surface area contributed by atoms with E-state index >= 15 is 0 Å². The predicted molar refractivity (Wildman–Crippen MR) is 73.7 cm³/mol. The Hall–Kier alpha value is -2.10. The van der Waals surface area contributed by atoms with Crippen LogP contribution in [0.25, 0.3) is 10.9 Å². The first-order valence-electron chi connectivity index (χ1n) is 6.20. The first-order valence-corrected chi connectivity index (χ1v) is 6.20. The molecule has 94 valence electrons.